The van der Waals surface area contributed by atoms with Gasteiger partial charge >= 0.3 is 6.18 Å². The van der Waals surface area contributed by atoms with Gasteiger partial charge < -0.3 is 5.32 Å². The molecule has 0 unspecified atom stereocenters. The minimum absolute atomic E-state index is 0.00184. The van der Waals surface area contributed by atoms with Gasteiger partial charge in [0.1, 0.15) is 12.2 Å². The first-order chi connectivity index (χ1) is 9.88. The Morgan fingerprint density at radius 2 is 2.14 bits per heavy atom. The van der Waals surface area contributed by atoms with Crippen molar-refractivity contribution in [3.05, 3.63) is 41.5 Å². The highest BCUT2D eigenvalue weighted by Gasteiger charge is 2.32. The fraction of sp³-hybridized carbons (Fsp3) is 0.308. The van der Waals surface area contributed by atoms with Gasteiger partial charge in [0, 0.05) is 18.5 Å². The number of nitrogens with zero attached hydrogens (tertiary/aromatic N) is 2. The smallest absolute Gasteiger partial charge is 0.326 e. The summed E-state index contributed by atoms with van der Waals surface area (Å²) in [5, 5.41) is 8.74. The van der Waals surface area contributed by atoms with Gasteiger partial charge in [0.2, 0.25) is 5.91 Å². The van der Waals surface area contributed by atoms with E-state index in [4.69, 9.17) is 0 Å². The average molecular weight is 298 g/mol. The number of aromatic nitrogens is 3. The number of aryl methyl sites for hydroxylation is 1. The number of nitrogens with one attached hydrogen (secondary N) is 2. The summed E-state index contributed by atoms with van der Waals surface area (Å²) >= 11 is 0. The first-order valence-corrected chi connectivity index (χ1v) is 6.19. The van der Waals surface area contributed by atoms with Crippen molar-refractivity contribution in [2.45, 2.75) is 25.9 Å². The number of halogens is 3. The zero-order chi connectivity index (χ0) is 15.5. The van der Waals surface area contributed by atoms with Crippen LogP contribution in [-0.4, -0.2) is 21.1 Å². The Kier molecular flexibility index (Phi) is 4.25. The second kappa shape index (κ2) is 5.94. The molecule has 0 aliphatic carbocycles. The van der Waals surface area contributed by atoms with E-state index in [1.165, 1.54) is 25.4 Å². The molecule has 1 aromatic carbocycles. The number of H-pyrrole nitrogens is 1. The van der Waals surface area contributed by atoms with Crippen molar-refractivity contribution < 1.29 is 18.0 Å². The molecule has 0 fully saturated rings. The molecule has 0 saturated heterocycles. The molecule has 2 N–H and O–H groups in total. The van der Waals surface area contributed by atoms with Crippen LogP contribution in [0.15, 0.2) is 24.5 Å². The molecule has 0 atom stereocenters. The summed E-state index contributed by atoms with van der Waals surface area (Å²) in [5.74, 6) is 0.166. The van der Waals surface area contributed by atoms with Gasteiger partial charge in [-0.2, -0.15) is 18.3 Å². The van der Waals surface area contributed by atoms with Crippen LogP contribution in [0.1, 0.15) is 23.4 Å². The van der Waals surface area contributed by atoms with Gasteiger partial charge in [0.25, 0.3) is 0 Å². The summed E-state index contributed by atoms with van der Waals surface area (Å²) in [6.45, 7) is 1.33. The van der Waals surface area contributed by atoms with Crippen LogP contribution in [0.4, 0.5) is 18.9 Å². The van der Waals surface area contributed by atoms with Crippen LogP contribution in [0.3, 0.4) is 0 Å². The third kappa shape index (κ3) is 3.80. The number of hydrogen-bond acceptors (Lipinski definition) is 3. The number of hydrogen-bond donors (Lipinski definition) is 2. The molecule has 0 bridgehead atoms. The van der Waals surface area contributed by atoms with Crippen molar-refractivity contribution in [2.24, 2.45) is 0 Å². The molecular formula is C13H13F3N4O. The SMILES string of the molecule is Cc1c(NC(=O)CCc2ncn[nH]2)cccc1C(F)(F)F. The number of rotatable bonds is 4. The molecule has 2 rings (SSSR count). The minimum atomic E-state index is -4.44. The highest BCUT2D eigenvalue weighted by atomic mass is 19.4. The van der Waals surface area contributed by atoms with E-state index in [1.54, 1.807) is 0 Å². The molecule has 0 radical (unpaired) electrons. The molecule has 112 valence electrons. The predicted molar refractivity (Wildman–Crippen MR) is 69.5 cm³/mol. The number of benzene rings is 1. The first kappa shape index (κ1) is 15.0. The van der Waals surface area contributed by atoms with E-state index in [2.05, 4.69) is 20.5 Å². The fourth-order valence-electron chi connectivity index (χ4n) is 1.87. The van der Waals surface area contributed by atoms with Gasteiger partial charge in [-0.1, -0.05) is 6.07 Å². The van der Waals surface area contributed by atoms with Crippen molar-refractivity contribution in [1.29, 1.82) is 0 Å². The molecule has 5 nitrogen and oxygen atoms in total. The Balaban J connectivity index is 2.04. The number of aromatic amines is 1. The maximum absolute atomic E-state index is 12.8. The van der Waals surface area contributed by atoms with E-state index in [1.807, 2.05) is 0 Å². The lowest BCUT2D eigenvalue weighted by molar-refractivity contribution is -0.138. The number of anilines is 1. The van der Waals surface area contributed by atoms with Crippen LogP contribution in [0.2, 0.25) is 0 Å². The third-order valence-electron chi connectivity index (χ3n) is 2.97. The average Bonchev–Trinajstić information content (AvgIpc) is 2.90. The number of carbonyl (C=O) groups is 1. The lowest BCUT2D eigenvalue weighted by atomic mass is 10.1. The van der Waals surface area contributed by atoms with Gasteiger partial charge in [0.15, 0.2) is 0 Å². The van der Waals surface area contributed by atoms with Gasteiger partial charge in [0.05, 0.1) is 5.56 Å². The van der Waals surface area contributed by atoms with E-state index in [0.29, 0.717) is 12.2 Å². The van der Waals surface area contributed by atoms with Crippen LogP contribution >= 0.6 is 0 Å². The molecule has 0 saturated carbocycles. The van der Waals surface area contributed by atoms with Crippen LogP contribution in [0, 0.1) is 6.92 Å². The van der Waals surface area contributed by atoms with Crippen molar-refractivity contribution in [3.63, 3.8) is 0 Å². The van der Waals surface area contributed by atoms with Gasteiger partial charge in [-0.15, -0.1) is 0 Å². The van der Waals surface area contributed by atoms with Crippen LogP contribution in [0.5, 0.6) is 0 Å². The van der Waals surface area contributed by atoms with Crippen molar-refractivity contribution in [3.8, 4) is 0 Å². The van der Waals surface area contributed by atoms with Crippen molar-refractivity contribution in [2.75, 3.05) is 5.32 Å². The van der Waals surface area contributed by atoms with Crippen molar-refractivity contribution in [1.82, 2.24) is 15.2 Å². The zero-order valence-electron chi connectivity index (χ0n) is 11.2. The topological polar surface area (TPSA) is 70.7 Å². The molecular weight excluding hydrogens is 285 g/mol. The summed E-state index contributed by atoms with van der Waals surface area (Å²) in [6.07, 6.45) is -2.68. The molecule has 0 aliphatic rings. The molecule has 8 heteroatoms. The Morgan fingerprint density at radius 3 is 2.76 bits per heavy atom. The standard InChI is InChI=1S/C13H13F3N4O/c1-8-9(13(14,15)16)3-2-4-10(8)19-12(21)6-5-11-17-7-18-20-11/h2-4,7H,5-6H2,1H3,(H,19,21)(H,17,18,20). The molecule has 21 heavy (non-hydrogen) atoms. The van der Waals surface area contributed by atoms with Crippen molar-refractivity contribution >= 4 is 11.6 Å². The maximum atomic E-state index is 12.8. The zero-order valence-corrected chi connectivity index (χ0v) is 11.2. The summed E-state index contributed by atoms with van der Waals surface area (Å²) in [6, 6.07) is 3.69. The summed E-state index contributed by atoms with van der Waals surface area (Å²) in [5.41, 5.74) is -0.596. The largest absolute Gasteiger partial charge is 0.416 e. The molecule has 1 aromatic heterocycles. The van der Waals surface area contributed by atoms with Crippen LogP contribution in [0.25, 0.3) is 0 Å². The molecule has 2 aromatic rings. The summed E-state index contributed by atoms with van der Waals surface area (Å²) in [7, 11) is 0. The van der Waals surface area contributed by atoms with E-state index in [0.717, 1.165) is 6.07 Å². The fourth-order valence-corrected chi connectivity index (χ4v) is 1.87. The normalized spacial score (nSPS) is 11.4. The lowest BCUT2D eigenvalue weighted by Gasteiger charge is -2.14. The van der Waals surface area contributed by atoms with E-state index in [9.17, 15) is 18.0 Å². The van der Waals surface area contributed by atoms with E-state index in [-0.39, 0.29) is 23.6 Å². The first-order valence-electron chi connectivity index (χ1n) is 6.19. The van der Waals surface area contributed by atoms with Gasteiger partial charge in [-0.05, 0) is 24.6 Å². The Morgan fingerprint density at radius 1 is 1.38 bits per heavy atom. The highest BCUT2D eigenvalue weighted by molar-refractivity contribution is 5.91. The number of carbonyl (C=O) groups excluding carboxylic acids is 1. The molecule has 0 spiro atoms. The van der Waals surface area contributed by atoms with Gasteiger partial charge in [-0.3, -0.25) is 9.89 Å². The van der Waals surface area contributed by atoms with E-state index < -0.39 is 11.7 Å². The Bertz CT molecular complexity index is 623. The quantitative estimate of drug-likeness (QED) is 0.911. The maximum Gasteiger partial charge on any atom is 0.416 e. The predicted octanol–water partition coefficient (Wildman–Crippen LogP) is 2.70. The second-order valence-corrected chi connectivity index (χ2v) is 4.46. The van der Waals surface area contributed by atoms with E-state index >= 15 is 0 Å². The van der Waals surface area contributed by atoms with Gasteiger partial charge in [-0.25, -0.2) is 4.98 Å². The monoisotopic (exact) mass is 298 g/mol. The second-order valence-electron chi connectivity index (χ2n) is 4.46. The molecule has 1 heterocycles. The number of alkyl halides is 3. The Hall–Kier alpha value is -2.38. The highest BCUT2D eigenvalue weighted by Crippen LogP contribution is 2.34. The number of amides is 1. The van der Waals surface area contributed by atoms with Crippen LogP contribution < -0.4 is 5.32 Å². The molecule has 0 aliphatic heterocycles. The van der Waals surface area contributed by atoms with Crippen LogP contribution in [-0.2, 0) is 17.4 Å². The molecule has 1 amide bonds. The third-order valence-corrected chi connectivity index (χ3v) is 2.97. The summed E-state index contributed by atoms with van der Waals surface area (Å²) < 4.78 is 38.3. The lowest BCUT2D eigenvalue weighted by Crippen LogP contribution is -2.15. The minimum Gasteiger partial charge on any atom is -0.326 e. The summed E-state index contributed by atoms with van der Waals surface area (Å²) in [4.78, 5) is 15.6. The Labute approximate surface area is 118 Å².